The Bertz CT molecular complexity index is 1450. The summed E-state index contributed by atoms with van der Waals surface area (Å²) in [7, 11) is 2.68. The van der Waals surface area contributed by atoms with Crippen LogP contribution in [0.3, 0.4) is 0 Å². The zero-order valence-corrected chi connectivity index (χ0v) is 28.2. The van der Waals surface area contributed by atoms with E-state index >= 15 is 0 Å². The number of esters is 2. The molecule has 14 heteroatoms. The van der Waals surface area contributed by atoms with Crippen molar-refractivity contribution in [2.24, 2.45) is 0 Å². The van der Waals surface area contributed by atoms with Gasteiger partial charge in [-0.1, -0.05) is 29.8 Å². The van der Waals surface area contributed by atoms with Crippen LogP contribution >= 0.6 is 35.1 Å². The average molecular weight is 678 g/mol. The number of halogens is 1. The first-order valence-corrected chi connectivity index (χ1v) is 16.2. The molecule has 0 aliphatic carbocycles. The second-order valence-electron chi connectivity index (χ2n) is 9.71. The number of hydroxylamine groups is 1. The fourth-order valence-electron chi connectivity index (χ4n) is 3.71. The molecule has 4 rings (SSSR count). The highest BCUT2D eigenvalue weighted by Gasteiger charge is 2.30. The molecule has 0 saturated carbocycles. The number of para-hydroxylation sites is 1. The summed E-state index contributed by atoms with van der Waals surface area (Å²) in [5.41, 5.74) is 2.19. The summed E-state index contributed by atoms with van der Waals surface area (Å²) in [6.07, 6.45) is 0.657. The molecule has 3 aromatic rings. The van der Waals surface area contributed by atoms with Gasteiger partial charge in [-0.25, -0.2) is 19.1 Å². The van der Waals surface area contributed by atoms with Gasteiger partial charge in [0.05, 0.1) is 42.0 Å². The number of benzene rings is 2. The zero-order chi connectivity index (χ0) is 32.9. The van der Waals surface area contributed by atoms with E-state index in [1.165, 1.54) is 37.7 Å². The summed E-state index contributed by atoms with van der Waals surface area (Å²) in [6.45, 7) is 7.21. The fourth-order valence-corrected chi connectivity index (χ4v) is 6.33. The Morgan fingerprint density at radius 2 is 1.51 bits per heavy atom. The van der Waals surface area contributed by atoms with Gasteiger partial charge in [0, 0.05) is 34.4 Å². The molecule has 1 fully saturated rings. The summed E-state index contributed by atoms with van der Waals surface area (Å²) in [5.74, 6) is 1.06. The van der Waals surface area contributed by atoms with Gasteiger partial charge in [0.15, 0.2) is 5.57 Å². The molecule has 11 nitrogen and oxygen atoms in total. The van der Waals surface area contributed by atoms with Crippen LogP contribution < -0.4 is 9.80 Å². The lowest BCUT2D eigenvalue weighted by molar-refractivity contribution is -0.150. The molecule has 2 aromatic carbocycles. The predicted molar refractivity (Wildman–Crippen MR) is 176 cm³/mol. The SMILES string of the molecule is CC(C)OC(=O)C(C(=O)OC(C)C)=C1SCCS1.COC(=O)N(OC)c1ccccc1COc1ccn(-c2ccc(Cl)cc2)n1. The maximum Gasteiger partial charge on any atom is 0.438 e. The van der Waals surface area contributed by atoms with Crippen LogP contribution in [0.1, 0.15) is 33.3 Å². The standard InChI is InChI=1S/C19H18ClN3O4.C12H18O4S2/c1-25-19(24)23(26-2)17-6-4-3-5-14(17)13-27-18-11-12-22(21-18)16-9-7-15(20)8-10-16;1-7(2)15-10(13)9(11(14)16-8(3)4)12-17-5-6-18-12/h3-12H,13H2,1-2H3;7-8H,5-6H2,1-4H3. The van der Waals surface area contributed by atoms with Crippen molar-refractivity contribution in [3.05, 3.63) is 81.2 Å². The number of hydrogen-bond donors (Lipinski definition) is 0. The van der Waals surface area contributed by atoms with Crippen molar-refractivity contribution in [2.45, 2.75) is 46.5 Å². The van der Waals surface area contributed by atoms with E-state index in [-0.39, 0.29) is 24.4 Å². The van der Waals surface area contributed by atoms with Crippen LogP contribution in [0.2, 0.25) is 5.02 Å². The summed E-state index contributed by atoms with van der Waals surface area (Å²) in [5, 5.41) is 6.11. The molecule has 242 valence electrons. The number of amides is 1. The van der Waals surface area contributed by atoms with E-state index < -0.39 is 18.0 Å². The Labute approximate surface area is 276 Å². The summed E-state index contributed by atoms with van der Waals surface area (Å²) in [6, 6.07) is 16.3. The molecule has 1 aromatic heterocycles. The monoisotopic (exact) mass is 677 g/mol. The molecule has 1 amide bonds. The van der Waals surface area contributed by atoms with Crippen molar-refractivity contribution in [3.63, 3.8) is 0 Å². The Balaban J connectivity index is 0.000000268. The van der Waals surface area contributed by atoms with Crippen LogP contribution in [0.4, 0.5) is 10.5 Å². The molecule has 0 bridgehead atoms. The van der Waals surface area contributed by atoms with Crippen LogP contribution in [0.25, 0.3) is 5.69 Å². The number of anilines is 1. The maximum atomic E-state index is 12.0. The normalized spacial score (nSPS) is 12.3. The van der Waals surface area contributed by atoms with Crippen molar-refractivity contribution in [3.8, 4) is 11.6 Å². The van der Waals surface area contributed by atoms with E-state index in [0.717, 1.165) is 27.8 Å². The van der Waals surface area contributed by atoms with Crippen LogP contribution in [-0.2, 0) is 35.2 Å². The van der Waals surface area contributed by atoms with Crippen molar-refractivity contribution in [2.75, 3.05) is 30.8 Å². The van der Waals surface area contributed by atoms with Gasteiger partial charge >= 0.3 is 18.0 Å². The topological polar surface area (TPSA) is 118 Å². The molecular weight excluding hydrogens is 642 g/mol. The largest absolute Gasteiger partial charge is 0.472 e. The van der Waals surface area contributed by atoms with Gasteiger partial charge in [-0.2, -0.15) is 5.06 Å². The average Bonchev–Trinajstić information content (AvgIpc) is 3.70. The second kappa shape index (κ2) is 17.7. The Morgan fingerprint density at radius 3 is 2.07 bits per heavy atom. The number of carbonyl (C=O) groups excluding carboxylic acids is 3. The van der Waals surface area contributed by atoms with E-state index in [4.69, 9.17) is 35.4 Å². The van der Waals surface area contributed by atoms with Crippen LogP contribution in [0.15, 0.2) is 70.6 Å². The number of aromatic nitrogens is 2. The molecule has 1 saturated heterocycles. The van der Waals surface area contributed by atoms with Crippen molar-refractivity contribution >= 4 is 58.8 Å². The number of rotatable bonds is 10. The first-order chi connectivity index (χ1) is 21.5. The fraction of sp³-hybridized carbons (Fsp3) is 0.355. The molecule has 0 N–H and O–H groups in total. The van der Waals surface area contributed by atoms with Crippen LogP contribution in [0.5, 0.6) is 5.88 Å². The molecule has 0 atom stereocenters. The predicted octanol–water partition coefficient (Wildman–Crippen LogP) is 6.82. The van der Waals surface area contributed by atoms with Gasteiger partial charge in [-0.05, 0) is 58.0 Å². The number of hydrogen-bond acceptors (Lipinski definition) is 11. The van der Waals surface area contributed by atoms with E-state index in [2.05, 4.69) is 5.10 Å². The zero-order valence-electron chi connectivity index (χ0n) is 25.9. The molecule has 0 spiro atoms. The Morgan fingerprint density at radius 1 is 0.911 bits per heavy atom. The minimum atomic E-state index is -0.628. The molecule has 0 radical (unpaired) electrons. The van der Waals surface area contributed by atoms with Gasteiger partial charge in [0.2, 0.25) is 5.88 Å². The van der Waals surface area contributed by atoms with Gasteiger partial charge in [0.1, 0.15) is 6.61 Å². The van der Waals surface area contributed by atoms with Crippen molar-refractivity contribution in [1.82, 2.24) is 9.78 Å². The van der Waals surface area contributed by atoms with Gasteiger partial charge in [-0.15, -0.1) is 28.6 Å². The van der Waals surface area contributed by atoms with E-state index in [1.807, 2.05) is 24.3 Å². The highest BCUT2D eigenvalue weighted by molar-refractivity contribution is 8.25. The first-order valence-electron chi connectivity index (χ1n) is 13.9. The van der Waals surface area contributed by atoms with Crippen LogP contribution in [0, 0.1) is 0 Å². The van der Waals surface area contributed by atoms with Crippen LogP contribution in [-0.4, -0.2) is 65.7 Å². The van der Waals surface area contributed by atoms with E-state index in [0.29, 0.717) is 20.8 Å². The van der Waals surface area contributed by atoms with Gasteiger partial charge in [-0.3, -0.25) is 4.84 Å². The maximum absolute atomic E-state index is 12.0. The summed E-state index contributed by atoms with van der Waals surface area (Å²) >= 11 is 8.91. The summed E-state index contributed by atoms with van der Waals surface area (Å²) in [4.78, 5) is 40.9. The first kappa shape index (κ1) is 35.8. The Hall–Kier alpha value is -3.65. The number of nitrogens with zero attached hydrogens (tertiary/aromatic N) is 3. The van der Waals surface area contributed by atoms with E-state index in [9.17, 15) is 14.4 Å². The molecular formula is C31H36ClN3O8S2. The highest BCUT2D eigenvalue weighted by Crippen LogP contribution is 2.39. The molecule has 1 aliphatic rings. The third kappa shape index (κ3) is 10.7. The minimum absolute atomic E-state index is 0.0462. The number of methoxy groups -OCH3 is 1. The summed E-state index contributed by atoms with van der Waals surface area (Å²) < 4.78 is 23.1. The quantitative estimate of drug-likeness (QED) is 0.0562. The minimum Gasteiger partial charge on any atom is -0.472 e. The smallest absolute Gasteiger partial charge is 0.438 e. The van der Waals surface area contributed by atoms with Crippen molar-refractivity contribution < 1.29 is 38.2 Å². The second-order valence-corrected chi connectivity index (χ2v) is 12.6. The third-order valence-electron chi connectivity index (χ3n) is 5.61. The van der Waals surface area contributed by atoms with E-state index in [1.54, 1.807) is 68.9 Å². The van der Waals surface area contributed by atoms with Gasteiger partial charge < -0.3 is 18.9 Å². The molecule has 2 heterocycles. The Kier molecular flexibility index (Phi) is 14.1. The highest BCUT2D eigenvalue weighted by atomic mass is 35.5. The number of ether oxygens (including phenoxy) is 4. The number of carbonyl (C=O) groups is 3. The lowest BCUT2D eigenvalue weighted by Crippen LogP contribution is -2.30. The number of thioether (sulfide) groups is 2. The lowest BCUT2D eigenvalue weighted by atomic mass is 10.2. The lowest BCUT2D eigenvalue weighted by Gasteiger charge is -2.20. The third-order valence-corrected chi connectivity index (χ3v) is 8.58. The molecule has 0 unspecified atom stereocenters. The molecule has 45 heavy (non-hydrogen) atoms. The van der Waals surface area contributed by atoms with Crippen molar-refractivity contribution in [1.29, 1.82) is 0 Å². The van der Waals surface area contributed by atoms with Gasteiger partial charge in [0.25, 0.3) is 0 Å². The molecule has 1 aliphatic heterocycles.